The van der Waals surface area contributed by atoms with Crippen molar-refractivity contribution in [3.05, 3.63) is 35.9 Å². The summed E-state index contributed by atoms with van der Waals surface area (Å²) in [5.41, 5.74) is 0.390. The van der Waals surface area contributed by atoms with E-state index in [-0.39, 0.29) is 0 Å². The van der Waals surface area contributed by atoms with Gasteiger partial charge in [-0.3, -0.25) is 9.36 Å². The third-order valence-corrected chi connectivity index (χ3v) is 2.89. The van der Waals surface area contributed by atoms with Crippen LogP contribution in [0.3, 0.4) is 0 Å². The molecule has 0 radical (unpaired) electrons. The first-order chi connectivity index (χ1) is 6.91. The fourth-order valence-electron chi connectivity index (χ4n) is 1.19. The quantitative estimate of drug-likeness (QED) is 0.675. The zero-order chi connectivity index (χ0) is 11.5. The Hall–Kier alpha value is -1.16. The first kappa shape index (κ1) is 11.9. The van der Waals surface area contributed by atoms with Gasteiger partial charge in [0, 0.05) is 6.92 Å². The van der Waals surface area contributed by atoms with Crippen LogP contribution in [0.4, 0.5) is 0 Å². The van der Waals surface area contributed by atoms with Gasteiger partial charge in [0.25, 0.3) is 0 Å². The Kier molecular flexibility index (Phi) is 3.63. The minimum absolute atomic E-state index is 0.390. The Labute approximate surface area is 87.3 Å². The van der Waals surface area contributed by atoms with E-state index in [2.05, 4.69) is 5.32 Å². The van der Waals surface area contributed by atoms with Crippen molar-refractivity contribution in [2.75, 3.05) is 0 Å². The monoisotopic (exact) mass is 229 g/mol. The fourth-order valence-corrected chi connectivity index (χ4v) is 2.10. The lowest BCUT2D eigenvalue weighted by atomic mass is 10.2. The molecule has 0 heterocycles. The second-order valence-corrected chi connectivity index (χ2v) is 4.80. The van der Waals surface area contributed by atoms with Crippen molar-refractivity contribution >= 4 is 13.5 Å². The molecule has 0 fully saturated rings. The van der Waals surface area contributed by atoms with Crippen LogP contribution in [-0.2, 0) is 9.36 Å². The van der Waals surface area contributed by atoms with Crippen LogP contribution in [0.15, 0.2) is 30.3 Å². The molecule has 0 aliphatic rings. The number of rotatable bonds is 3. The number of hydrogen-bond acceptors (Lipinski definition) is 2. The lowest BCUT2D eigenvalue weighted by Crippen LogP contribution is -2.25. The molecule has 1 aromatic carbocycles. The maximum atomic E-state index is 11.1. The molecule has 1 rings (SSSR count). The molecule has 0 aromatic heterocycles. The van der Waals surface area contributed by atoms with Crippen molar-refractivity contribution in [2.45, 2.75) is 12.7 Å². The molecule has 3 N–H and O–H groups in total. The van der Waals surface area contributed by atoms with E-state index in [0.29, 0.717) is 5.56 Å². The summed E-state index contributed by atoms with van der Waals surface area (Å²) in [6.07, 6.45) is 0. The summed E-state index contributed by atoms with van der Waals surface area (Å²) < 4.78 is 11.1. The maximum absolute atomic E-state index is 11.1. The second kappa shape index (κ2) is 4.57. The standard InChI is InChI=1S/C9H12NO4P/c1-7(11)10-9(15(12,13)14)8-5-3-2-4-6-8/h2-6,9H,1H3,(H,10,11)(H2,12,13,14). The third kappa shape index (κ3) is 3.47. The van der Waals surface area contributed by atoms with E-state index in [0.717, 1.165) is 0 Å². The van der Waals surface area contributed by atoms with Gasteiger partial charge in [0.05, 0.1) is 0 Å². The Morgan fingerprint density at radius 2 is 1.87 bits per heavy atom. The molecule has 15 heavy (non-hydrogen) atoms. The van der Waals surface area contributed by atoms with Crippen LogP contribution in [0.2, 0.25) is 0 Å². The highest BCUT2D eigenvalue weighted by atomic mass is 31.2. The van der Waals surface area contributed by atoms with Crippen LogP contribution < -0.4 is 5.32 Å². The molecule has 0 aliphatic heterocycles. The van der Waals surface area contributed by atoms with Crippen LogP contribution in [0.25, 0.3) is 0 Å². The summed E-state index contributed by atoms with van der Waals surface area (Å²) in [5, 5.41) is 2.23. The molecular formula is C9H12NO4P. The molecule has 1 aromatic rings. The second-order valence-electron chi connectivity index (χ2n) is 3.10. The summed E-state index contributed by atoms with van der Waals surface area (Å²) in [5.74, 6) is -1.75. The Balaban J connectivity index is 3.02. The lowest BCUT2D eigenvalue weighted by Gasteiger charge is -2.19. The number of nitrogens with one attached hydrogen (secondary N) is 1. The molecule has 5 nitrogen and oxygen atoms in total. The van der Waals surface area contributed by atoms with Crippen LogP contribution in [0.1, 0.15) is 18.3 Å². The molecule has 0 bridgehead atoms. The summed E-state index contributed by atoms with van der Waals surface area (Å²) in [7, 11) is -4.38. The van der Waals surface area contributed by atoms with E-state index >= 15 is 0 Å². The topological polar surface area (TPSA) is 86.6 Å². The lowest BCUT2D eigenvalue weighted by molar-refractivity contribution is -0.119. The Morgan fingerprint density at radius 3 is 2.27 bits per heavy atom. The van der Waals surface area contributed by atoms with Crippen molar-refractivity contribution in [2.24, 2.45) is 0 Å². The van der Waals surface area contributed by atoms with Gasteiger partial charge in [0.2, 0.25) is 5.91 Å². The molecule has 82 valence electrons. The first-order valence-electron chi connectivity index (χ1n) is 4.28. The molecule has 0 spiro atoms. The van der Waals surface area contributed by atoms with Crippen LogP contribution in [0, 0.1) is 0 Å². The van der Waals surface area contributed by atoms with Gasteiger partial charge in [0.15, 0.2) is 5.78 Å². The smallest absolute Gasteiger partial charge is 0.339 e. The van der Waals surface area contributed by atoms with E-state index < -0.39 is 19.3 Å². The van der Waals surface area contributed by atoms with Crippen LogP contribution in [0.5, 0.6) is 0 Å². The van der Waals surface area contributed by atoms with Crippen LogP contribution in [-0.4, -0.2) is 15.7 Å². The summed E-state index contributed by atoms with van der Waals surface area (Å²) >= 11 is 0. The van der Waals surface area contributed by atoms with Gasteiger partial charge < -0.3 is 15.1 Å². The maximum Gasteiger partial charge on any atom is 0.352 e. The number of benzene rings is 1. The molecule has 1 atom stereocenters. The van der Waals surface area contributed by atoms with Gasteiger partial charge in [-0.1, -0.05) is 30.3 Å². The molecule has 0 saturated heterocycles. The van der Waals surface area contributed by atoms with Gasteiger partial charge in [-0.15, -0.1) is 0 Å². The van der Waals surface area contributed by atoms with Gasteiger partial charge in [-0.25, -0.2) is 0 Å². The van der Waals surface area contributed by atoms with Crippen LogP contribution >= 0.6 is 7.60 Å². The number of carbonyl (C=O) groups excluding carboxylic acids is 1. The zero-order valence-corrected chi connectivity index (χ0v) is 9.02. The van der Waals surface area contributed by atoms with Gasteiger partial charge in [-0.05, 0) is 5.56 Å². The van der Waals surface area contributed by atoms with Crippen molar-refractivity contribution in [3.63, 3.8) is 0 Å². The minimum Gasteiger partial charge on any atom is -0.339 e. The molecule has 0 saturated carbocycles. The predicted molar refractivity (Wildman–Crippen MR) is 55.0 cm³/mol. The average molecular weight is 229 g/mol. The molecule has 1 unspecified atom stereocenters. The highest BCUT2D eigenvalue weighted by Gasteiger charge is 2.30. The van der Waals surface area contributed by atoms with Gasteiger partial charge >= 0.3 is 7.60 Å². The van der Waals surface area contributed by atoms with Crippen molar-refractivity contribution < 1.29 is 19.1 Å². The normalized spacial score (nSPS) is 13.3. The summed E-state index contributed by atoms with van der Waals surface area (Å²) in [4.78, 5) is 29.0. The summed E-state index contributed by atoms with van der Waals surface area (Å²) in [6, 6.07) is 8.15. The fraction of sp³-hybridized carbons (Fsp3) is 0.222. The highest BCUT2D eigenvalue weighted by Crippen LogP contribution is 2.49. The average Bonchev–Trinajstić information content (AvgIpc) is 2.14. The highest BCUT2D eigenvalue weighted by molar-refractivity contribution is 7.52. The summed E-state index contributed by atoms with van der Waals surface area (Å²) in [6.45, 7) is 1.21. The number of hydrogen-bond donors (Lipinski definition) is 3. The van der Waals surface area contributed by atoms with Gasteiger partial charge in [0.1, 0.15) is 0 Å². The zero-order valence-electron chi connectivity index (χ0n) is 8.12. The molecule has 1 amide bonds. The number of amides is 1. The molecular weight excluding hydrogens is 217 g/mol. The van der Waals surface area contributed by atoms with Gasteiger partial charge in [-0.2, -0.15) is 0 Å². The first-order valence-corrected chi connectivity index (χ1v) is 5.96. The Morgan fingerprint density at radius 1 is 1.33 bits per heavy atom. The van der Waals surface area contributed by atoms with E-state index in [1.807, 2.05) is 0 Å². The predicted octanol–water partition coefficient (Wildman–Crippen LogP) is 0.999. The molecule has 0 aliphatic carbocycles. The van der Waals surface area contributed by atoms with E-state index in [1.165, 1.54) is 6.92 Å². The third-order valence-electron chi connectivity index (χ3n) is 1.79. The van der Waals surface area contributed by atoms with E-state index in [9.17, 15) is 9.36 Å². The molecule has 6 heteroatoms. The van der Waals surface area contributed by atoms with Crippen molar-refractivity contribution in [1.82, 2.24) is 5.32 Å². The minimum atomic E-state index is -4.38. The Bertz CT molecular complexity index is 386. The number of carbonyl (C=O) groups is 1. The van der Waals surface area contributed by atoms with Crippen molar-refractivity contribution in [1.29, 1.82) is 0 Å². The van der Waals surface area contributed by atoms with E-state index in [1.54, 1.807) is 30.3 Å². The van der Waals surface area contributed by atoms with Crippen molar-refractivity contribution in [3.8, 4) is 0 Å². The van der Waals surface area contributed by atoms with E-state index in [4.69, 9.17) is 9.79 Å². The SMILES string of the molecule is CC(=O)NC(c1ccccc1)P(=O)(O)O. The largest absolute Gasteiger partial charge is 0.352 e.